The maximum atomic E-state index is 11.9. The first kappa shape index (κ1) is 13.6. The van der Waals surface area contributed by atoms with Crippen LogP contribution < -0.4 is 11.1 Å². The van der Waals surface area contributed by atoms with Gasteiger partial charge in [0.2, 0.25) is 0 Å². The summed E-state index contributed by atoms with van der Waals surface area (Å²) in [6.07, 6.45) is 3.97. The average Bonchev–Trinajstić information content (AvgIpc) is 3.15. The Morgan fingerprint density at radius 2 is 2.26 bits per heavy atom. The molecule has 1 fully saturated rings. The number of nitrogens with one attached hydrogen (secondary N) is 1. The molecule has 0 saturated heterocycles. The number of ether oxygens (including phenoxy) is 1. The van der Waals surface area contributed by atoms with Crippen LogP contribution in [0.2, 0.25) is 0 Å². The van der Waals surface area contributed by atoms with Crippen molar-refractivity contribution in [3.05, 3.63) is 17.8 Å². The lowest BCUT2D eigenvalue weighted by molar-refractivity contribution is 0.0527. The normalized spacial score (nSPS) is 15.1. The molecule has 1 aliphatic carbocycles. The smallest absolute Gasteiger partial charge is 0.341 e. The van der Waals surface area contributed by atoms with Crippen LogP contribution in [0.1, 0.15) is 44.0 Å². The van der Waals surface area contributed by atoms with Crippen molar-refractivity contribution in [3.8, 4) is 0 Å². The summed E-state index contributed by atoms with van der Waals surface area (Å²) >= 11 is 0. The predicted molar refractivity (Wildman–Crippen MR) is 75.0 cm³/mol. The number of hydrogen-bond donors (Lipinski definition) is 2. The maximum Gasteiger partial charge on any atom is 0.341 e. The minimum absolute atomic E-state index is 0.0790. The first-order valence-corrected chi connectivity index (χ1v) is 6.65. The molecule has 0 amide bonds. The van der Waals surface area contributed by atoms with E-state index in [4.69, 9.17) is 10.5 Å². The highest BCUT2D eigenvalue weighted by Crippen LogP contribution is 2.41. The van der Waals surface area contributed by atoms with Gasteiger partial charge in [0.15, 0.2) is 0 Å². The number of nitrogens with two attached hydrogens (primary N) is 1. The van der Waals surface area contributed by atoms with Gasteiger partial charge in [0.25, 0.3) is 0 Å². The molecule has 1 aromatic heterocycles. The molecule has 0 unspecified atom stereocenters. The molecular weight excluding hydrogens is 242 g/mol. The topological polar surface area (TPSA) is 77.2 Å². The van der Waals surface area contributed by atoms with Crippen molar-refractivity contribution in [1.82, 2.24) is 4.98 Å². The highest BCUT2D eigenvalue weighted by atomic mass is 16.5. The Morgan fingerprint density at radius 1 is 1.58 bits per heavy atom. The molecule has 104 valence electrons. The highest BCUT2D eigenvalue weighted by molar-refractivity contribution is 5.95. The second kappa shape index (κ2) is 5.07. The van der Waals surface area contributed by atoms with Crippen LogP contribution in [0.25, 0.3) is 0 Å². The molecule has 19 heavy (non-hydrogen) atoms. The number of hydrogen-bond acceptors (Lipinski definition) is 5. The largest absolute Gasteiger partial charge is 0.462 e. The maximum absolute atomic E-state index is 11.9. The number of pyridine rings is 1. The number of anilines is 2. The number of esters is 1. The van der Waals surface area contributed by atoms with E-state index in [2.05, 4.69) is 24.1 Å². The van der Waals surface area contributed by atoms with E-state index < -0.39 is 5.97 Å². The van der Waals surface area contributed by atoms with Gasteiger partial charge in [-0.3, -0.25) is 0 Å². The molecular formula is C14H21N3O2. The van der Waals surface area contributed by atoms with Gasteiger partial charge in [-0.1, -0.05) is 0 Å². The van der Waals surface area contributed by atoms with E-state index in [1.165, 1.54) is 12.8 Å². The molecule has 5 heteroatoms. The standard InChI is InChI=1S/C14H21N3O2/c1-4-19-13(18)11-7-10(15)8-16-12(11)17-14(2,3)9-5-6-9/h7-9H,4-6,15H2,1-3H3,(H,16,17). The quantitative estimate of drug-likeness (QED) is 0.798. The summed E-state index contributed by atoms with van der Waals surface area (Å²) in [4.78, 5) is 16.2. The Kier molecular flexibility index (Phi) is 3.64. The van der Waals surface area contributed by atoms with E-state index in [-0.39, 0.29) is 5.54 Å². The first-order valence-electron chi connectivity index (χ1n) is 6.65. The number of carbonyl (C=O) groups is 1. The van der Waals surface area contributed by atoms with Crippen molar-refractivity contribution in [2.24, 2.45) is 5.92 Å². The number of aromatic nitrogens is 1. The van der Waals surface area contributed by atoms with Crippen molar-refractivity contribution in [2.45, 2.75) is 39.2 Å². The fourth-order valence-corrected chi connectivity index (χ4v) is 2.16. The Hall–Kier alpha value is -1.78. The molecule has 1 saturated carbocycles. The fraction of sp³-hybridized carbons (Fsp3) is 0.571. The molecule has 3 N–H and O–H groups in total. The van der Waals surface area contributed by atoms with Crippen molar-refractivity contribution in [2.75, 3.05) is 17.7 Å². The van der Waals surface area contributed by atoms with Crippen molar-refractivity contribution in [1.29, 1.82) is 0 Å². The van der Waals surface area contributed by atoms with Gasteiger partial charge >= 0.3 is 5.97 Å². The minimum Gasteiger partial charge on any atom is -0.462 e. The van der Waals surface area contributed by atoms with Gasteiger partial charge in [-0.05, 0) is 45.6 Å². The predicted octanol–water partition coefficient (Wildman–Crippen LogP) is 2.44. The SMILES string of the molecule is CCOC(=O)c1cc(N)cnc1NC(C)(C)C1CC1. The lowest BCUT2D eigenvalue weighted by atomic mass is 9.98. The molecule has 0 aliphatic heterocycles. The van der Waals surface area contributed by atoms with E-state index in [0.29, 0.717) is 29.6 Å². The summed E-state index contributed by atoms with van der Waals surface area (Å²) < 4.78 is 5.04. The van der Waals surface area contributed by atoms with Gasteiger partial charge in [-0.2, -0.15) is 0 Å². The Bertz CT molecular complexity index is 482. The van der Waals surface area contributed by atoms with Gasteiger partial charge in [0.1, 0.15) is 11.4 Å². The van der Waals surface area contributed by atoms with Gasteiger partial charge in [-0.25, -0.2) is 9.78 Å². The zero-order valence-corrected chi connectivity index (χ0v) is 11.7. The zero-order chi connectivity index (χ0) is 14.0. The van der Waals surface area contributed by atoms with E-state index in [1.54, 1.807) is 19.2 Å². The molecule has 0 atom stereocenters. The molecule has 0 aromatic carbocycles. The van der Waals surface area contributed by atoms with Crippen LogP contribution in [0.15, 0.2) is 12.3 Å². The summed E-state index contributed by atoms with van der Waals surface area (Å²) in [6, 6.07) is 1.61. The lowest BCUT2D eigenvalue weighted by Gasteiger charge is -2.27. The third-order valence-corrected chi connectivity index (χ3v) is 3.44. The van der Waals surface area contributed by atoms with E-state index in [0.717, 1.165) is 0 Å². The monoisotopic (exact) mass is 263 g/mol. The molecule has 0 spiro atoms. The van der Waals surface area contributed by atoms with Crippen molar-refractivity contribution in [3.63, 3.8) is 0 Å². The second-order valence-corrected chi connectivity index (χ2v) is 5.51. The molecule has 5 nitrogen and oxygen atoms in total. The number of carbonyl (C=O) groups excluding carboxylic acids is 1. The summed E-state index contributed by atoms with van der Waals surface area (Å²) in [5, 5.41) is 3.35. The Balaban J connectivity index is 2.26. The van der Waals surface area contributed by atoms with Crippen LogP contribution in [0.4, 0.5) is 11.5 Å². The Labute approximate surface area is 113 Å². The van der Waals surface area contributed by atoms with Crippen LogP contribution in [-0.4, -0.2) is 23.1 Å². The summed E-state index contributed by atoms with van der Waals surface area (Å²) in [5.74, 6) is 0.780. The number of nitrogens with zero attached hydrogens (tertiary/aromatic N) is 1. The minimum atomic E-state index is -0.392. The van der Waals surface area contributed by atoms with Gasteiger partial charge in [-0.15, -0.1) is 0 Å². The van der Waals surface area contributed by atoms with Crippen LogP contribution in [0.3, 0.4) is 0 Å². The summed E-state index contributed by atoms with van der Waals surface area (Å²) in [6.45, 7) is 6.35. The average molecular weight is 263 g/mol. The molecule has 0 radical (unpaired) electrons. The van der Waals surface area contributed by atoms with E-state index in [1.807, 2.05) is 0 Å². The summed E-state index contributed by atoms with van der Waals surface area (Å²) in [7, 11) is 0. The van der Waals surface area contributed by atoms with Crippen LogP contribution >= 0.6 is 0 Å². The van der Waals surface area contributed by atoms with Crippen LogP contribution in [-0.2, 0) is 4.74 Å². The van der Waals surface area contributed by atoms with Crippen LogP contribution in [0, 0.1) is 5.92 Å². The van der Waals surface area contributed by atoms with Crippen molar-refractivity contribution < 1.29 is 9.53 Å². The molecule has 0 bridgehead atoms. The van der Waals surface area contributed by atoms with Gasteiger partial charge in [0, 0.05) is 5.54 Å². The number of rotatable bonds is 5. The number of nitrogen functional groups attached to an aromatic ring is 1. The first-order chi connectivity index (χ1) is 8.94. The van der Waals surface area contributed by atoms with E-state index >= 15 is 0 Å². The lowest BCUT2D eigenvalue weighted by Crippen LogP contribution is -2.34. The van der Waals surface area contributed by atoms with Gasteiger partial charge in [0.05, 0.1) is 18.5 Å². The Morgan fingerprint density at radius 3 is 2.84 bits per heavy atom. The highest BCUT2D eigenvalue weighted by Gasteiger charge is 2.38. The third kappa shape index (κ3) is 3.16. The van der Waals surface area contributed by atoms with E-state index in [9.17, 15) is 4.79 Å². The third-order valence-electron chi connectivity index (χ3n) is 3.44. The summed E-state index contributed by atoms with van der Waals surface area (Å²) in [5.41, 5.74) is 6.48. The fourth-order valence-electron chi connectivity index (χ4n) is 2.16. The molecule has 2 rings (SSSR count). The van der Waals surface area contributed by atoms with Gasteiger partial charge < -0.3 is 15.8 Å². The zero-order valence-electron chi connectivity index (χ0n) is 11.7. The molecule has 1 aromatic rings. The molecule has 1 heterocycles. The molecule has 1 aliphatic rings. The van der Waals surface area contributed by atoms with Crippen LogP contribution in [0.5, 0.6) is 0 Å². The second-order valence-electron chi connectivity index (χ2n) is 5.51. The van der Waals surface area contributed by atoms with Crippen molar-refractivity contribution >= 4 is 17.5 Å².